The first-order chi connectivity index (χ1) is 9.15. The highest BCUT2D eigenvalue weighted by Gasteiger charge is 2.47. The summed E-state index contributed by atoms with van der Waals surface area (Å²) >= 11 is 3.54. The molecule has 0 aliphatic heterocycles. The molecule has 2 aliphatic rings. The largest absolute Gasteiger partial charge is 0.495 e. The van der Waals surface area contributed by atoms with E-state index in [1.54, 1.807) is 14.2 Å². The molecule has 104 valence electrons. The predicted octanol–water partition coefficient (Wildman–Crippen LogP) is 3.51. The quantitative estimate of drug-likeness (QED) is 0.921. The fourth-order valence-electron chi connectivity index (χ4n) is 3.49. The average Bonchev–Trinajstić information content (AvgIpc) is 3.04. The summed E-state index contributed by atoms with van der Waals surface area (Å²) in [5.41, 5.74) is 7.56. The van der Waals surface area contributed by atoms with Crippen molar-refractivity contribution in [1.82, 2.24) is 0 Å². The Labute approximate surface area is 122 Å². The number of nitrogens with two attached hydrogens (primary N) is 1. The number of methoxy groups -OCH3 is 2. The van der Waals surface area contributed by atoms with Gasteiger partial charge < -0.3 is 15.2 Å². The molecule has 2 fully saturated rings. The minimum atomic E-state index is 0.0601. The lowest BCUT2D eigenvalue weighted by Gasteiger charge is -2.24. The maximum absolute atomic E-state index is 6.48. The molecule has 3 unspecified atom stereocenters. The van der Waals surface area contributed by atoms with Gasteiger partial charge in [-0.1, -0.05) is 0 Å². The zero-order valence-electron chi connectivity index (χ0n) is 11.4. The van der Waals surface area contributed by atoms with Gasteiger partial charge in [-0.2, -0.15) is 0 Å². The van der Waals surface area contributed by atoms with Gasteiger partial charge in [0.2, 0.25) is 0 Å². The van der Waals surface area contributed by atoms with Gasteiger partial charge >= 0.3 is 0 Å². The molecule has 0 aromatic heterocycles. The van der Waals surface area contributed by atoms with Gasteiger partial charge in [-0.25, -0.2) is 0 Å². The Kier molecular flexibility index (Phi) is 3.48. The Morgan fingerprint density at radius 2 is 1.84 bits per heavy atom. The van der Waals surface area contributed by atoms with E-state index in [4.69, 9.17) is 15.2 Å². The summed E-state index contributed by atoms with van der Waals surface area (Å²) in [6.45, 7) is 0. The minimum Gasteiger partial charge on any atom is -0.495 e. The van der Waals surface area contributed by atoms with Crippen LogP contribution in [-0.2, 0) is 0 Å². The lowest BCUT2D eigenvalue weighted by molar-refractivity contribution is 0.361. The van der Waals surface area contributed by atoms with Crippen LogP contribution in [0.2, 0.25) is 0 Å². The highest BCUT2D eigenvalue weighted by molar-refractivity contribution is 9.10. The first kappa shape index (κ1) is 13.3. The lowest BCUT2D eigenvalue weighted by atomic mass is 9.89. The average molecular weight is 326 g/mol. The molecule has 2 N–H and O–H groups in total. The predicted molar refractivity (Wildman–Crippen MR) is 78.5 cm³/mol. The number of hydrogen-bond donors (Lipinski definition) is 1. The van der Waals surface area contributed by atoms with E-state index in [1.165, 1.54) is 19.3 Å². The summed E-state index contributed by atoms with van der Waals surface area (Å²) in [5, 5.41) is 0. The summed E-state index contributed by atoms with van der Waals surface area (Å²) < 4.78 is 11.7. The summed E-state index contributed by atoms with van der Waals surface area (Å²) in [6, 6.07) is 4.05. The first-order valence-electron chi connectivity index (χ1n) is 6.81. The number of benzene rings is 1. The molecule has 19 heavy (non-hydrogen) atoms. The van der Waals surface area contributed by atoms with Crippen molar-refractivity contribution in [3.8, 4) is 11.5 Å². The molecule has 1 aromatic rings. The van der Waals surface area contributed by atoms with Crippen LogP contribution in [0.3, 0.4) is 0 Å². The van der Waals surface area contributed by atoms with Crippen molar-refractivity contribution in [2.45, 2.75) is 25.3 Å². The van der Waals surface area contributed by atoms with Crippen LogP contribution in [0.25, 0.3) is 0 Å². The monoisotopic (exact) mass is 325 g/mol. The van der Waals surface area contributed by atoms with Crippen LogP contribution in [0, 0.1) is 17.8 Å². The fourth-order valence-corrected chi connectivity index (χ4v) is 4.17. The van der Waals surface area contributed by atoms with E-state index in [0.29, 0.717) is 5.92 Å². The van der Waals surface area contributed by atoms with Gasteiger partial charge in [-0.15, -0.1) is 0 Å². The van der Waals surface area contributed by atoms with Crippen LogP contribution in [0.4, 0.5) is 0 Å². The molecule has 2 aliphatic carbocycles. The second kappa shape index (κ2) is 4.98. The van der Waals surface area contributed by atoms with E-state index in [-0.39, 0.29) is 6.04 Å². The number of halogens is 1. The third kappa shape index (κ3) is 2.25. The first-order valence-corrected chi connectivity index (χ1v) is 7.61. The normalized spacial score (nSPS) is 29.8. The molecule has 0 heterocycles. The topological polar surface area (TPSA) is 44.5 Å². The Bertz CT molecular complexity index is 481. The Morgan fingerprint density at radius 3 is 2.42 bits per heavy atom. The molecular weight excluding hydrogens is 306 g/mol. The van der Waals surface area contributed by atoms with Gasteiger partial charge in [0.1, 0.15) is 16.0 Å². The standard InChI is InChI=1S/C15H20BrNO2/c1-18-12-4-3-11(15(19-2)13(12)16)14(17)10-6-8-5-9(8)7-10/h3-4,8-10,14H,5-7,17H2,1-2H3. The SMILES string of the molecule is COc1ccc(C(N)C2CC3CC3C2)c(OC)c1Br. The van der Waals surface area contributed by atoms with Gasteiger partial charge in [-0.3, -0.25) is 0 Å². The zero-order valence-corrected chi connectivity index (χ0v) is 12.9. The number of fused-ring (bicyclic) bond motifs is 1. The highest BCUT2D eigenvalue weighted by atomic mass is 79.9. The van der Waals surface area contributed by atoms with Crippen molar-refractivity contribution in [1.29, 1.82) is 0 Å². The fraction of sp³-hybridized carbons (Fsp3) is 0.600. The van der Waals surface area contributed by atoms with Crippen molar-refractivity contribution in [2.24, 2.45) is 23.5 Å². The molecule has 2 saturated carbocycles. The maximum Gasteiger partial charge on any atom is 0.141 e. The molecular formula is C15H20BrNO2. The van der Waals surface area contributed by atoms with E-state index in [9.17, 15) is 0 Å². The van der Waals surface area contributed by atoms with Crippen LogP contribution in [0.5, 0.6) is 11.5 Å². The Balaban J connectivity index is 1.88. The van der Waals surface area contributed by atoms with Crippen LogP contribution < -0.4 is 15.2 Å². The summed E-state index contributed by atoms with van der Waals surface area (Å²) in [5.74, 6) is 4.08. The zero-order chi connectivity index (χ0) is 13.6. The van der Waals surface area contributed by atoms with Gasteiger partial charge in [-0.05, 0) is 65.1 Å². The third-order valence-electron chi connectivity index (χ3n) is 4.66. The molecule has 0 spiro atoms. The lowest BCUT2D eigenvalue weighted by Crippen LogP contribution is -2.21. The van der Waals surface area contributed by atoms with Gasteiger partial charge in [0, 0.05) is 11.6 Å². The van der Waals surface area contributed by atoms with E-state index < -0.39 is 0 Å². The molecule has 0 radical (unpaired) electrons. The molecule has 1 aromatic carbocycles. The molecule has 4 heteroatoms. The van der Waals surface area contributed by atoms with Crippen LogP contribution in [0.1, 0.15) is 30.9 Å². The smallest absolute Gasteiger partial charge is 0.141 e. The van der Waals surface area contributed by atoms with E-state index in [2.05, 4.69) is 15.9 Å². The molecule has 3 atom stereocenters. The van der Waals surface area contributed by atoms with Gasteiger partial charge in [0.05, 0.1) is 14.2 Å². The Morgan fingerprint density at radius 1 is 1.16 bits per heavy atom. The molecule has 0 bridgehead atoms. The molecule has 0 amide bonds. The van der Waals surface area contributed by atoms with Gasteiger partial charge in [0.15, 0.2) is 0 Å². The van der Waals surface area contributed by atoms with Crippen molar-refractivity contribution in [2.75, 3.05) is 14.2 Å². The van der Waals surface area contributed by atoms with Crippen molar-refractivity contribution < 1.29 is 9.47 Å². The van der Waals surface area contributed by atoms with Gasteiger partial charge in [0.25, 0.3) is 0 Å². The Hall–Kier alpha value is -0.740. The van der Waals surface area contributed by atoms with Crippen LogP contribution >= 0.6 is 15.9 Å². The van der Waals surface area contributed by atoms with E-state index in [0.717, 1.165) is 33.4 Å². The van der Waals surface area contributed by atoms with Crippen molar-refractivity contribution in [3.05, 3.63) is 22.2 Å². The van der Waals surface area contributed by atoms with Crippen molar-refractivity contribution >= 4 is 15.9 Å². The van der Waals surface area contributed by atoms with Crippen LogP contribution in [-0.4, -0.2) is 14.2 Å². The highest BCUT2D eigenvalue weighted by Crippen LogP contribution is 2.57. The minimum absolute atomic E-state index is 0.0601. The summed E-state index contributed by atoms with van der Waals surface area (Å²) in [7, 11) is 3.34. The summed E-state index contributed by atoms with van der Waals surface area (Å²) in [6.07, 6.45) is 3.98. The number of hydrogen-bond acceptors (Lipinski definition) is 3. The molecule has 3 rings (SSSR count). The second-order valence-corrected chi connectivity index (χ2v) is 6.51. The third-order valence-corrected chi connectivity index (χ3v) is 5.41. The summed E-state index contributed by atoms with van der Waals surface area (Å²) in [4.78, 5) is 0. The van der Waals surface area contributed by atoms with Crippen molar-refractivity contribution in [3.63, 3.8) is 0 Å². The van der Waals surface area contributed by atoms with E-state index >= 15 is 0 Å². The maximum atomic E-state index is 6.48. The number of rotatable bonds is 4. The van der Waals surface area contributed by atoms with E-state index in [1.807, 2.05) is 12.1 Å². The molecule has 0 saturated heterocycles. The molecule has 3 nitrogen and oxygen atoms in total. The van der Waals surface area contributed by atoms with Crippen LogP contribution in [0.15, 0.2) is 16.6 Å². The second-order valence-electron chi connectivity index (χ2n) is 5.72. The number of ether oxygens (including phenoxy) is 2.